The summed E-state index contributed by atoms with van der Waals surface area (Å²) in [4.78, 5) is 30.9. The molecule has 0 bridgehead atoms. The van der Waals surface area contributed by atoms with E-state index in [1.54, 1.807) is 0 Å². The number of benzene rings is 1. The van der Waals surface area contributed by atoms with Crippen LogP contribution in [0, 0.1) is 5.92 Å². The summed E-state index contributed by atoms with van der Waals surface area (Å²) in [5.41, 5.74) is 0. The van der Waals surface area contributed by atoms with Gasteiger partial charge in [-0.2, -0.15) is 0 Å². The summed E-state index contributed by atoms with van der Waals surface area (Å²) in [6.07, 6.45) is 2.54. The molecule has 2 heterocycles. The first-order valence-corrected chi connectivity index (χ1v) is 8.85. The van der Waals surface area contributed by atoms with E-state index in [2.05, 4.69) is 27.3 Å². The van der Waals surface area contributed by atoms with E-state index < -0.39 is 6.09 Å². The first-order chi connectivity index (χ1) is 12.6. The zero-order valence-corrected chi connectivity index (χ0v) is 14.9. The number of nitrogens with one attached hydrogen (secondary N) is 1. The topological polar surface area (TPSA) is 85.8 Å². The minimum Gasteiger partial charge on any atom is -0.465 e. The lowest BCUT2D eigenvalue weighted by molar-refractivity contribution is -0.121. The molecule has 3 rings (SSSR count). The van der Waals surface area contributed by atoms with Crippen molar-refractivity contribution in [2.24, 2.45) is 5.92 Å². The van der Waals surface area contributed by atoms with E-state index in [0.29, 0.717) is 6.54 Å². The van der Waals surface area contributed by atoms with Gasteiger partial charge in [-0.1, -0.05) is 24.3 Å². The molecule has 1 aliphatic rings. The summed E-state index contributed by atoms with van der Waals surface area (Å²) in [6, 6.07) is 10.2. The summed E-state index contributed by atoms with van der Waals surface area (Å²) >= 11 is 0. The average Bonchev–Trinajstić information content (AvgIpc) is 2.67. The summed E-state index contributed by atoms with van der Waals surface area (Å²) < 4.78 is 0. The summed E-state index contributed by atoms with van der Waals surface area (Å²) in [6.45, 7) is 1.94. The van der Waals surface area contributed by atoms with Crippen LogP contribution in [0.5, 0.6) is 0 Å². The molecule has 1 saturated heterocycles. The van der Waals surface area contributed by atoms with Crippen LogP contribution < -0.4 is 10.2 Å². The van der Waals surface area contributed by atoms with Crippen LogP contribution in [0.3, 0.4) is 0 Å². The van der Waals surface area contributed by atoms with Crippen molar-refractivity contribution in [1.82, 2.24) is 15.2 Å². The zero-order valence-electron chi connectivity index (χ0n) is 14.9. The van der Waals surface area contributed by atoms with Gasteiger partial charge in [0.15, 0.2) is 0 Å². The number of nitrogens with zero attached hydrogens (tertiary/aromatic N) is 3. The summed E-state index contributed by atoms with van der Waals surface area (Å²) in [5, 5.41) is 14.1. The number of piperidine rings is 1. The number of pyridine rings is 1. The van der Waals surface area contributed by atoms with Gasteiger partial charge in [-0.05, 0) is 30.2 Å². The molecule has 26 heavy (non-hydrogen) atoms. The molecule has 1 aromatic heterocycles. The van der Waals surface area contributed by atoms with Crippen molar-refractivity contribution in [3.8, 4) is 0 Å². The molecular formula is C19H24N4O3. The maximum absolute atomic E-state index is 11.5. The molecule has 2 N–H and O–H groups in total. The Labute approximate surface area is 152 Å². The van der Waals surface area contributed by atoms with Crippen molar-refractivity contribution < 1.29 is 14.7 Å². The molecule has 0 radical (unpaired) electrons. The highest BCUT2D eigenvalue weighted by molar-refractivity contribution is 5.92. The largest absolute Gasteiger partial charge is 0.465 e. The Balaban J connectivity index is 1.63. The highest BCUT2D eigenvalue weighted by Crippen LogP contribution is 2.28. The van der Waals surface area contributed by atoms with Gasteiger partial charge in [-0.3, -0.25) is 9.69 Å². The van der Waals surface area contributed by atoms with Crippen molar-refractivity contribution in [2.75, 3.05) is 38.1 Å². The SMILES string of the molecule is CNC(=O)CN(CC1CCN(c2nccc3ccccc23)CC1)C(=O)O. The molecule has 0 atom stereocenters. The van der Waals surface area contributed by atoms with Crippen LogP contribution in [0.4, 0.5) is 10.6 Å². The third kappa shape index (κ3) is 4.04. The quantitative estimate of drug-likeness (QED) is 0.858. The molecule has 1 fully saturated rings. The minimum atomic E-state index is -1.05. The predicted molar refractivity (Wildman–Crippen MR) is 100 cm³/mol. The number of carbonyl (C=O) groups excluding carboxylic acids is 1. The van der Waals surface area contributed by atoms with Gasteiger partial charge < -0.3 is 15.3 Å². The van der Waals surface area contributed by atoms with Gasteiger partial charge in [0.05, 0.1) is 0 Å². The number of hydrogen-bond donors (Lipinski definition) is 2. The van der Waals surface area contributed by atoms with E-state index in [1.165, 1.54) is 17.3 Å². The van der Waals surface area contributed by atoms with E-state index in [1.807, 2.05) is 24.4 Å². The third-order valence-electron chi connectivity index (χ3n) is 4.93. The minimum absolute atomic E-state index is 0.114. The van der Waals surface area contributed by atoms with Gasteiger partial charge >= 0.3 is 6.09 Å². The Morgan fingerprint density at radius 3 is 2.69 bits per heavy atom. The molecule has 0 aliphatic carbocycles. The second-order valence-electron chi connectivity index (χ2n) is 6.62. The first kappa shape index (κ1) is 18.0. The number of likely N-dealkylation sites (N-methyl/N-ethyl adjacent to an activating group) is 1. The number of hydrogen-bond acceptors (Lipinski definition) is 4. The van der Waals surface area contributed by atoms with Gasteiger partial charge in [0.2, 0.25) is 5.91 Å². The molecule has 0 saturated carbocycles. The highest BCUT2D eigenvalue weighted by atomic mass is 16.4. The fourth-order valence-electron chi connectivity index (χ4n) is 3.46. The molecule has 138 valence electrons. The molecule has 2 amide bonds. The molecule has 2 aromatic rings. The van der Waals surface area contributed by atoms with Crippen LogP contribution in [0.15, 0.2) is 36.5 Å². The molecule has 7 nitrogen and oxygen atoms in total. The van der Waals surface area contributed by atoms with Crippen molar-refractivity contribution in [1.29, 1.82) is 0 Å². The first-order valence-electron chi connectivity index (χ1n) is 8.85. The van der Waals surface area contributed by atoms with Crippen molar-refractivity contribution in [3.05, 3.63) is 36.5 Å². The van der Waals surface area contributed by atoms with E-state index in [-0.39, 0.29) is 18.4 Å². The number of carboxylic acid groups (broad SMARTS) is 1. The number of fused-ring (bicyclic) bond motifs is 1. The lowest BCUT2D eigenvalue weighted by atomic mass is 9.96. The Hall–Kier alpha value is -2.83. The van der Waals surface area contributed by atoms with Gasteiger partial charge in [0.1, 0.15) is 12.4 Å². The van der Waals surface area contributed by atoms with Gasteiger partial charge in [0, 0.05) is 38.3 Å². The standard InChI is InChI=1S/C19H24N4O3/c1-20-17(24)13-23(19(25)26)12-14-7-10-22(11-8-14)18-16-5-3-2-4-15(16)6-9-21-18/h2-6,9,14H,7-8,10-13H2,1H3,(H,20,24)(H,25,26). The van der Waals surface area contributed by atoms with Crippen LogP contribution >= 0.6 is 0 Å². The third-order valence-corrected chi connectivity index (χ3v) is 4.93. The lowest BCUT2D eigenvalue weighted by Crippen LogP contribution is -2.44. The van der Waals surface area contributed by atoms with Crippen LogP contribution in [0.2, 0.25) is 0 Å². The Bertz CT molecular complexity index is 782. The summed E-state index contributed by atoms with van der Waals surface area (Å²) in [7, 11) is 1.51. The van der Waals surface area contributed by atoms with Crippen LogP contribution in [0.25, 0.3) is 10.8 Å². The van der Waals surface area contributed by atoms with Gasteiger partial charge in [0.25, 0.3) is 0 Å². The second-order valence-corrected chi connectivity index (χ2v) is 6.62. The number of aromatic nitrogens is 1. The predicted octanol–water partition coefficient (Wildman–Crippen LogP) is 2.18. The van der Waals surface area contributed by atoms with Crippen LogP contribution in [-0.4, -0.2) is 60.2 Å². The highest BCUT2D eigenvalue weighted by Gasteiger charge is 2.25. The molecular weight excluding hydrogens is 332 g/mol. The maximum Gasteiger partial charge on any atom is 0.407 e. The smallest absolute Gasteiger partial charge is 0.407 e. The summed E-state index contributed by atoms with van der Waals surface area (Å²) in [5.74, 6) is 0.953. The van der Waals surface area contributed by atoms with Crippen LogP contribution in [-0.2, 0) is 4.79 Å². The van der Waals surface area contributed by atoms with E-state index in [0.717, 1.165) is 37.1 Å². The molecule has 0 unspecified atom stereocenters. The van der Waals surface area contributed by atoms with Gasteiger partial charge in [-0.25, -0.2) is 9.78 Å². The van der Waals surface area contributed by atoms with Crippen molar-refractivity contribution in [2.45, 2.75) is 12.8 Å². The Morgan fingerprint density at radius 2 is 2.00 bits per heavy atom. The number of amides is 2. The lowest BCUT2D eigenvalue weighted by Gasteiger charge is -2.35. The molecule has 1 aromatic carbocycles. The van der Waals surface area contributed by atoms with Crippen molar-refractivity contribution in [3.63, 3.8) is 0 Å². The Kier molecular flexibility index (Phi) is 5.55. The number of rotatable bonds is 5. The second kappa shape index (κ2) is 8.03. The normalized spacial score (nSPS) is 15.0. The number of carbonyl (C=O) groups is 2. The van der Waals surface area contributed by atoms with Gasteiger partial charge in [-0.15, -0.1) is 0 Å². The van der Waals surface area contributed by atoms with E-state index >= 15 is 0 Å². The monoisotopic (exact) mass is 356 g/mol. The Morgan fingerprint density at radius 1 is 1.27 bits per heavy atom. The molecule has 1 aliphatic heterocycles. The van der Waals surface area contributed by atoms with Crippen molar-refractivity contribution >= 4 is 28.6 Å². The van der Waals surface area contributed by atoms with E-state index in [4.69, 9.17) is 0 Å². The van der Waals surface area contributed by atoms with Crippen LogP contribution in [0.1, 0.15) is 12.8 Å². The molecule has 0 spiro atoms. The average molecular weight is 356 g/mol. The fraction of sp³-hybridized carbons (Fsp3) is 0.421. The van der Waals surface area contributed by atoms with E-state index in [9.17, 15) is 14.7 Å². The maximum atomic E-state index is 11.5. The fourth-order valence-corrected chi connectivity index (χ4v) is 3.46. The molecule has 7 heteroatoms. The zero-order chi connectivity index (χ0) is 18.5. The number of anilines is 1.